The van der Waals surface area contributed by atoms with E-state index < -0.39 is 17.2 Å². The number of hydrogen-bond donors (Lipinski definition) is 4. The lowest BCUT2D eigenvalue weighted by Gasteiger charge is -2.38. The third-order valence-corrected chi connectivity index (χ3v) is 5.83. The van der Waals surface area contributed by atoms with Crippen molar-refractivity contribution < 1.29 is 9.59 Å². The maximum atomic E-state index is 11.8. The fraction of sp³-hybridized carbons (Fsp3) is 0.375. The van der Waals surface area contributed by atoms with Crippen LogP contribution in [0.3, 0.4) is 0 Å². The lowest BCUT2D eigenvalue weighted by atomic mass is 9.67. The highest BCUT2D eigenvalue weighted by Crippen LogP contribution is 2.44. The number of carbonyl (C=O) groups excluding carboxylic acids is 2. The number of nitrogens with two attached hydrogens (primary N) is 4. The maximum Gasteiger partial charge on any atom is 0.248 e. The predicted molar refractivity (Wildman–Crippen MR) is 123 cm³/mol. The van der Waals surface area contributed by atoms with Gasteiger partial charge in [0.25, 0.3) is 0 Å². The highest BCUT2D eigenvalue weighted by molar-refractivity contribution is 5.99. The first kappa shape index (κ1) is 22.5. The monoisotopic (exact) mass is 421 g/mol. The lowest BCUT2D eigenvalue weighted by molar-refractivity contribution is 0.0991. The zero-order valence-corrected chi connectivity index (χ0v) is 18.3. The number of rotatable bonds is 6. The number of aliphatic imine (C=N–C) groups is 1. The Morgan fingerprint density at radius 2 is 1.35 bits per heavy atom. The Morgan fingerprint density at radius 1 is 0.903 bits per heavy atom. The van der Waals surface area contributed by atoms with Crippen LogP contribution in [0, 0.1) is 0 Å². The molecule has 0 radical (unpaired) electrons. The number of primary amides is 2. The Hall–Kier alpha value is -3.19. The average molecular weight is 422 g/mol. The second kappa shape index (κ2) is 8.51. The quantitative estimate of drug-likeness (QED) is 0.415. The fourth-order valence-corrected chi connectivity index (χ4v) is 4.63. The molecule has 0 fully saturated rings. The molecular weight excluding hydrogens is 390 g/mol. The van der Waals surface area contributed by atoms with E-state index in [-0.39, 0.29) is 12.1 Å². The molecule has 164 valence electrons. The van der Waals surface area contributed by atoms with E-state index in [9.17, 15) is 9.59 Å². The maximum absolute atomic E-state index is 11.8. The van der Waals surface area contributed by atoms with Gasteiger partial charge in [0.05, 0.1) is 5.41 Å². The first-order valence-electron chi connectivity index (χ1n) is 10.5. The molecule has 0 saturated carbocycles. The normalized spacial score (nSPS) is 16.2. The van der Waals surface area contributed by atoms with Crippen LogP contribution in [0.2, 0.25) is 0 Å². The van der Waals surface area contributed by atoms with E-state index in [1.807, 2.05) is 45.0 Å². The molecule has 7 heteroatoms. The number of nitrogens with zero attached hydrogens (tertiary/aromatic N) is 1. The molecule has 8 N–H and O–H groups in total. The van der Waals surface area contributed by atoms with E-state index in [4.69, 9.17) is 27.9 Å². The van der Waals surface area contributed by atoms with Crippen molar-refractivity contribution >= 4 is 17.6 Å². The molecule has 7 nitrogen and oxygen atoms in total. The fourth-order valence-electron chi connectivity index (χ4n) is 4.63. The molecule has 0 heterocycles. The molecular formula is C24H31N5O2. The standard InChI is InChI=1S/C24H31N5O2/c1-13(2)29-23(28)24(12-14(3)25)19-8-6-17(21(26)30)10-15(19)4-5-16-11-18(22(27)31)7-9-20(16)24/h6-11,13-14H,4-5,12,25H2,1-3H3,(H2,26,30)(H2,27,31)(H2,28,29)/t14-/m0/s1. The summed E-state index contributed by atoms with van der Waals surface area (Å²) >= 11 is 0. The van der Waals surface area contributed by atoms with Crippen LogP contribution in [0.5, 0.6) is 0 Å². The minimum Gasteiger partial charge on any atom is -0.386 e. The third kappa shape index (κ3) is 4.18. The van der Waals surface area contributed by atoms with E-state index in [1.54, 1.807) is 12.1 Å². The molecule has 31 heavy (non-hydrogen) atoms. The molecule has 2 amide bonds. The molecule has 2 aromatic rings. The van der Waals surface area contributed by atoms with Crippen LogP contribution in [0.1, 0.15) is 70.2 Å². The molecule has 0 spiro atoms. The minimum absolute atomic E-state index is 0.0186. The van der Waals surface area contributed by atoms with E-state index in [2.05, 4.69) is 0 Å². The van der Waals surface area contributed by atoms with Gasteiger partial charge in [0.1, 0.15) is 5.84 Å². The average Bonchev–Trinajstić information content (AvgIpc) is 2.82. The molecule has 0 aliphatic heterocycles. The SMILES string of the molecule is CC(C)N=C(N)C1(C[C@H](C)N)c2ccc(C(N)=O)cc2CCc2cc(C(N)=O)ccc21. The number of aryl methyl sites for hydroxylation is 2. The summed E-state index contributed by atoms with van der Waals surface area (Å²) < 4.78 is 0. The highest BCUT2D eigenvalue weighted by Gasteiger charge is 2.43. The molecule has 3 rings (SSSR count). The van der Waals surface area contributed by atoms with E-state index in [0.717, 1.165) is 22.3 Å². The van der Waals surface area contributed by atoms with Gasteiger partial charge < -0.3 is 22.9 Å². The number of fused-ring (bicyclic) bond motifs is 2. The zero-order chi connectivity index (χ0) is 22.9. The first-order valence-corrected chi connectivity index (χ1v) is 10.5. The molecule has 1 aliphatic carbocycles. The van der Waals surface area contributed by atoms with Crippen molar-refractivity contribution in [3.63, 3.8) is 0 Å². The number of hydrogen-bond acceptors (Lipinski definition) is 4. The van der Waals surface area contributed by atoms with Gasteiger partial charge >= 0.3 is 0 Å². The first-order chi connectivity index (χ1) is 14.6. The van der Waals surface area contributed by atoms with Gasteiger partial charge in [0.2, 0.25) is 11.8 Å². The van der Waals surface area contributed by atoms with E-state index >= 15 is 0 Å². The number of benzene rings is 2. The molecule has 1 aliphatic rings. The predicted octanol–water partition coefficient (Wildman–Crippen LogP) is 1.77. The van der Waals surface area contributed by atoms with Crippen molar-refractivity contribution in [2.75, 3.05) is 0 Å². The van der Waals surface area contributed by atoms with Gasteiger partial charge in [-0.3, -0.25) is 14.6 Å². The third-order valence-electron chi connectivity index (χ3n) is 5.83. The Bertz CT molecular complexity index is 990. The number of amidine groups is 1. The van der Waals surface area contributed by atoms with Crippen molar-refractivity contribution in [3.05, 3.63) is 69.8 Å². The van der Waals surface area contributed by atoms with Crippen LogP contribution < -0.4 is 22.9 Å². The van der Waals surface area contributed by atoms with Crippen LogP contribution in [0.15, 0.2) is 41.4 Å². The summed E-state index contributed by atoms with van der Waals surface area (Å²) in [6.07, 6.45) is 1.82. The second-order valence-electron chi connectivity index (χ2n) is 8.67. The summed E-state index contributed by atoms with van der Waals surface area (Å²) in [6, 6.07) is 10.7. The smallest absolute Gasteiger partial charge is 0.248 e. The van der Waals surface area contributed by atoms with Crippen molar-refractivity contribution in [1.82, 2.24) is 0 Å². The summed E-state index contributed by atoms with van der Waals surface area (Å²) in [5, 5.41) is 0. The van der Waals surface area contributed by atoms with Crippen molar-refractivity contribution in [2.24, 2.45) is 27.9 Å². The van der Waals surface area contributed by atoms with Crippen LogP contribution in [-0.4, -0.2) is 29.7 Å². The van der Waals surface area contributed by atoms with Crippen LogP contribution in [0.25, 0.3) is 0 Å². The highest BCUT2D eigenvalue weighted by atomic mass is 16.1. The Balaban J connectivity index is 2.41. The van der Waals surface area contributed by atoms with Gasteiger partial charge in [-0.1, -0.05) is 12.1 Å². The Kier molecular flexibility index (Phi) is 6.18. The molecule has 0 bridgehead atoms. The lowest BCUT2D eigenvalue weighted by Crippen LogP contribution is -2.47. The van der Waals surface area contributed by atoms with Crippen molar-refractivity contribution in [2.45, 2.75) is 57.5 Å². The van der Waals surface area contributed by atoms with Gasteiger partial charge in [-0.2, -0.15) is 0 Å². The van der Waals surface area contributed by atoms with Crippen molar-refractivity contribution in [1.29, 1.82) is 0 Å². The summed E-state index contributed by atoms with van der Waals surface area (Å²) in [5.74, 6) is -0.507. The number of amides is 2. The van der Waals surface area contributed by atoms with Gasteiger partial charge in [-0.15, -0.1) is 0 Å². The molecule has 0 unspecified atom stereocenters. The van der Waals surface area contributed by atoms with E-state index in [1.165, 1.54) is 0 Å². The van der Waals surface area contributed by atoms with Gasteiger partial charge in [0, 0.05) is 23.2 Å². The van der Waals surface area contributed by atoms with Gasteiger partial charge in [-0.05, 0) is 86.6 Å². The zero-order valence-electron chi connectivity index (χ0n) is 18.3. The number of carbonyl (C=O) groups is 2. The summed E-state index contributed by atoms with van der Waals surface area (Å²) in [6.45, 7) is 5.87. The second-order valence-corrected chi connectivity index (χ2v) is 8.67. The molecule has 0 aromatic heterocycles. The van der Waals surface area contributed by atoms with Gasteiger partial charge in [-0.25, -0.2) is 0 Å². The summed E-state index contributed by atoms with van der Waals surface area (Å²) in [4.78, 5) is 28.4. The summed E-state index contributed by atoms with van der Waals surface area (Å²) in [5.41, 5.74) is 28.1. The Labute approximate surface area is 182 Å². The van der Waals surface area contributed by atoms with Crippen LogP contribution in [-0.2, 0) is 18.3 Å². The topological polar surface area (TPSA) is 151 Å². The molecule has 2 aromatic carbocycles. The molecule has 0 saturated heterocycles. The van der Waals surface area contributed by atoms with Crippen LogP contribution >= 0.6 is 0 Å². The van der Waals surface area contributed by atoms with E-state index in [0.29, 0.717) is 36.2 Å². The largest absolute Gasteiger partial charge is 0.386 e. The molecule has 1 atom stereocenters. The van der Waals surface area contributed by atoms with Gasteiger partial charge in [0.15, 0.2) is 0 Å². The summed E-state index contributed by atoms with van der Waals surface area (Å²) in [7, 11) is 0. The minimum atomic E-state index is -0.800. The van der Waals surface area contributed by atoms with Crippen molar-refractivity contribution in [3.8, 4) is 0 Å². The Morgan fingerprint density at radius 3 is 1.71 bits per heavy atom. The van der Waals surface area contributed by atoms with Crippen LogP contribution in [0.4, 0.5) is 0 Å².